The van der Waals surface area contributed by atoms with Gasteiger partial charge in [-0.15, -0.1) is 0 Å². The van der Waals surface area contributed by atoms with Gasteiger partial charge in [0.05, 0.1) is 0 Å². The molecule has 1 amide bonds. The van der Waals surface area contributed by atoms with Crippen molar-refractivity contribution in [2.24, 2.45) is 17.8 Å². The first-order chi connectivity index (χ1) is 12.2. The number of hydrogen-bond acceptors (Lipinski definition) is 4. The van der Waals surface area contributed by atoms with E-state index in [0.717, 1.165) is 25.7 Å². The van der Waals surface area contributed by atoms with Gasteiger partial charge in [-0.25, -0.2) is 0 Å². The number of aliphatic hydroxyl groups is 1. The number of rotatable bonds is 8. The van der Waals surface area contributed by atoms with Gasteiger partial charge in [-0.05, 0) is 63.4 Å². The van der Waals surface area contributed by atoms with Crippen LogP contribution in [0.1, 0.15) is 64.7 Å². The number of hydrogen-bond donors (Lipinski definition) is 2. The van der Waals surface area contributed by atoms with Crippen molar-refractivity contribution in [1.82, 2.24) is 5.32 Å². The van der Waals surface area contributed by atoms with Gasteiger partial charge in [-0.2, -0.15) is 0 Å². The minimum Gasteiger partial charge on any atom is -0.459 e. The molecular weight excluding hydrogens is 318 g/mol. The summed E-state index contributed by atoms with van der Waals surface area (Å²) >= 11 is 0. The van der Waals surface area contributed by atoms with Gasteiger partial charge in [0.15, 0.2) is 5.76 Å². The molecular formula is C20H33NO4. The third kappa shape index (κ3) is 4.56. The average molecular weight is 351 g/mol. The Bertz CT molecular complexity index is 468. The molecule has 0 aromatic heterocycles. The molecule has 5 nitrogen and oxygen atoms in total. The number of carbonyl (C=O) groups excluding carboxylic acids is 1. The zero-order chi connectivity index (χ0) is 17.6. The highest BCUT2D eigenvalue weighted by Gasteiger charge is 2.42. The zero-order valence-corrected chi connectivity index (χ0v) is 15.4. The van der Waals surface area contributed by atoms with Crippen LogP contribution in [0.25, 0.3) is 0 Å². The summed E-state index contributed by atoms with van der Waals surface area (Å²) in [6.07, 6.45) is 11.5. The molecule has 0 bridgehead atoms. The Balaban J connectivity index is 1.74. The smallest absolute Gasteiger partial charge is 0.286 e. The second kappa shape index (κ2) is 9.04. The van der Waals surface area contributed by atoms with E-state index in [1.54, 1.807) is 0 Å². The molecule has 0 saturated heterocycles. The van der Waals surface area contributed by atoms with Crippen LogP contribution in [0.5, 0.6) is 0 Å². The van der Waals surface area contributed by atoms with Crippen molar-refractivity contribution in [1.29, 1.82) is 0 Å². The summed E-state index contributed by atoms with van der Waals surface area (Å²) < 4.78 is 11.9. The minimum absolute atomic E-state index is 0.0819. The van der Waals surface area contributed by atoms with E-state index in [1.165, 1.54) is 32.1 Å². The first-order valence-corrected chi connectivity index (χ1v) is 10.1. The fraction of sp³-hybridized carbons (Fsp3) is 0.850. The summed E-state index contributed by atoms with van der Waals surface area (Å²) in [6.45, 7) is 2.71. The van der Waals surface area contributed by atoms with Crippen molar-refractivity contribution in [3.05, 3.63) is 11.8 Å². The maximum absolute atomic E-state index is 12.7. The van der Waals surface area contributed by atoms with E-state index in [0.29, 0.717) is 24.2 Å². The highest BCUT2D eigenvalue weighted by atomic mass is 16.7. The highest BCUT2D eigenvalue weighted by molar-refractivity contribution is 5.91. The van der Waals surface area contributed by atoms with E-state index in [2.05, 4.69) is 11.4 Å². The molecule has 0 spiro atoms. The molecule has 0 aromatic carbocycles. The Kier molecular flexibility index (Phi) is 6.77. The van der Waals surface area contributed by atoms with Crippen LogP contribution in [-0.2, 0) is 14.3 Å². The molecule has 3 atom stereocenters. The molecule has 2 saturated carbocycles. The van der Waals surface area contributed by atoms with E-state index < -0.39 is 0 Å². The maximum Gasteiger partial charge on any atom is 0.286 e. The normalized spacial score (nSPS) is 30.5. The lowest BCUT2D eigenvalue weighted by molar-refractivity contribution is -0.178. The molecule has 2 fully saturated rings. The first-order valence-electron chi connectivity index (χ1n) is 10.1. The van der Waals surface area contributed by atoms with Crippen LogP contribution in [0, 0.1) is 17.8 Å². The van der Waals surface area contributed by atoms with Gasteiger partial charge in [0.25, 0.3) is 5.91 Å². The van der Waals surface area contributed by atoms with Crippen LogP contribution in [0.4, 0.5) is 0 Å². The Hall–Kier alpha value is -1.07. The van der Waals surface area contributed by atoms with Crippen LogP contribution >= 0.6 is 0 Å². The topological polar surface area (TPSA) is 67.8 Å². The van der Waals surface area contributed by atoms with Gasteiger partial charge in [0.2, 0.25) is 6.29 Å². The molecule has 1 heterocycles. The zero-order valence-electron chi connectivity index (χ0n) is 15.4. The van der Waals surface area contributed by atoms with Crippen molar-refractivity contribution in [3.63, 3.8) is 0 Å². The fourth-order valence-electron chi connectivity index (χ4n) is 4.48. The van der Waals surface area contributed by atoms with Crippen LogP contribution < -0.4 is 5.32 Å². The third-order valence-electron chi connectivity index (χ3n) is 6.07. The monoisotopic (exact) mass is 351 g/mol. The molecule has 5 heteroatoms. The van der Waals surface area contributed by atoms with Crippen LogP contribution in [0.15, 0.2) is 11.8 Å². The molecule has 142 valence electrons. The summed E-state index contributed by atoms with van der Waals surface area (Å²) in [5.74, 6) is 1.52. The van der Waals surface area contributed by atoms with Crippen molar-refractivity contribution >= 4 is 5.91 Å². The lowest BCUT2D eigenvalue weighted by atomic mass is 9.68. The van der Waals surface area contributed by atoms with E-state index in [1.807, 2.05) is 6.92 Å². The number of nitrogens with one attached hydrogen (secondary N) is 1. The summed E-state index contributed by atoms with van der Waals surface area (Å²) in [4.78, 5) is 12.7. The second-order valence-electron chi connectivity index (χ2n) is 7.73. The van der Waals surface area contributed by atoms with Crippen LogP contribution in [-0.4, -0.2) is 36.6 Å². The van der Waals surface area contributed by atoms with Gasteiger partial charge in [0.1, 0.15) is 0 Å². The highest BCUT2D eigenvalue weighted by Crippen LogP contribution is 2.44. The van der Waals surface area contributed by atoms with E-state index in [9.17, 15) is 9.90 Å². The molecule has 2 N–H and O–H groups in total. The summed E-state index contributed by atoms with van der Waals surface area (Å²) in [5, 5.41) is 12.4. The Labute approximate surface area is 151 Å². The predicted octanol–water partition coefficient (Wildman–Crippen LogP) is 3.13. The van der Waals surface area contributed by atoms with E-state index in [4.69, 9.17) is 9.47 Å². The molecule has 1 aliphatic heterocycles. The molecule has 3 aliphatic rings. The summed E-state index contributed by atoms with van der Waals surface area (Å²) in [5.41, 5.74) is 0. The lowest BCUT2D eigenvalue weighted by Crippen LogP contribution is -2.44. The van der Waals surface area contributed by atoms with Crippen molar-refractivity contribution in [2.45, 2.75) is 77.0 Å². The quantitative estimate of drug-likeness (QED) is 0.705. The van der Waals surface area contributed by atoms with Crippen molar-refractivity contribution in [2.75, 3.05) is 13.2 Å². The van der Waals surface area contributed by atoms with E-state index in [-0.39, 0.29) is 30.8 Å². The van der Waals surface area contributed by atoms with Gasteiger partial charge < -0.3 is 19.9 Å². The molecule has 0 unspecified atom stereocenters. The van der Waals surface area contributed by atoms with Crippen LogP contribution in [0.3, 0.4) is 0 Å². The Morgan fingerprint density at radius 2 is 2.04 bits per heavy atom. The molecule has 2 aliphatic carbocycles. The second-order valence-corrected chi connectivity index (χ2v) is 7.73. The Morgan fingerprint density at radius 1 is 1.28 bits per heavy atom. The van der Waals surface area contributed by atoms with Gasteiger partial charge in [-0.1, -0.05) is 19.3 Å². The standard InChI is InChI=1S/C20H33NO4/c1-2-24-20-16(11-6-12-22)17(14-7-5-8-14)13-18(25-20)19(23)21-15-9-3-4-10-15/h13-17,20,22H,2-12H2,1H3,(H,21,23)/t16-,17-,20-/m1/s1. The van der Waals surface area contributed by atoms with Crippen molar-refractivity contribution in [3.8, 4) is 0 Å². The summed E-state index contributed by atoms with van der Waals surface area (Å²) in [7, 11) is 0. The van der Waals surface area contributed by atoms with Gasteiger partial charge in [-0.3, -0.25) is 4.79 Å². The number of allylic oxidation sites excluding steroid dienone is 1. The van der Waals surface area contributed by atoms with Crippen LogP contribution in [0.2, 0.25) is 0 Å². The average Bonchev–Trinajstić information content (AvgIpc) is 3.05. The fourth-order valence-corrected chi connectivity index (χ4v) is 4.48. The van der Waals surface area contributed by atoms with Gasteiger partial charge in [0, 0.05) is 25.2 Å². The molecule has 25 heavy (non-hydrogen) atoms. The van der Waals surface area contributed by atoms with Crippen molar-refractivity contribution < 1.29 is 19.4 Å². The largest absolute Gasteiger partial charge is 0.459 e. The number of ether oxygens (including phenoxy) is 2. The number of carbonyl (C=O) groups is 1. The molecule has 3 rings (SSSR count). The minimum atomic E-state index is -0.378. The van der Waals surface area contributed by atoms with Gasteiger partial charge >= 0.3 is 0 Å². The number of amides is 1. The Morgan fingerprint density at radius 3 is 2.64 bits per heavy atom. The third-order valence-corrected chi connectivity index (χ3v) is 6.07. The van der Waals surface area contributed by atoms with E-state index >= 15 is 0 Å². The maximum atomic E-state index is 12.7. The first kappa shape index (κ1) is 18.7. The lowest BCUT2D eigenvalue weighted by Gasteiger charge is -2.43. The number of aliphatic hydroxyl groups excluding tert-OH is 1. The molecule has 0 aromatic rings. The molecule has 0 radical (unpaired) electrons. The predicted molar refractivity (Wildman–Crippen MR) is 95.6 cm³/mol. The summed E-state index contributed by atoms with van der Waals surface area (Å²) in [6, 6.07) is 0.289. The SMILES string of the molecule is CCO[C@@H]1OC(C(=O)NC2CCCC2)=C[C@H](C2CCC2)[C@H]1CCCO.